The van der Waals surface area contributed by atoms with Crippen molar-refractivity contribution >= 4 is 16.8 Å². The van der Waals surface area contributed by atoms with Gasteiger partial charge >= 0.3 is 0 Å². The molecular formula is C15H21N3O. The molecule has 1 fully saturated rings. The van der Waals surface area contributed by atoms with Crippen molar-refractivity contribution in [2.45, 2.75) is 26.2 Å². The molecule has 0 saturated carbocycles. The zero-order valence-corrected chi connectivity index (χ0v) is 11.6. The van der Waals surface area contributed by atoms with Crippen molar-refractivity contribution in [1.29, 1.82) is 0 Å². The SMILES string of the molecule is CCC(C)c1nc2ccc(N3CCNCC3)cc2o1. The van der Waals surface area contributed by atoms with Crippen molar-refractivity contribution in [3.63, 3.8) is 0 Å². The van der Waals surface area contributed by atoms with Crippen LogP contribution in [0.25, 0.3) is 11.1 Å². The Bertz CT molecular complexity index is 558. The summed E-state index contributed by atoms with van der Waals surface area (Å²) in [6, 6.07) is 6.35. The van der Waals surface area contributed by atoms with E-state index in [4.69, 9.17) is 4.42 Å². The fraction of sp³-hybridized carbons (Fsp3) is 0.533. The minimum absolute atomic E-state index is 0.384. The summed E-state index contributed by atoms with van der Waals surface area (Å²) in [5.41, 5.74) is 3.11. The molecule has 0 spiro atoms. The number of fused-ring (bicyclic) bond motifs is 1. The summed E-state index contributed by atoms with van der Waals surface area (Å²) in [7, 11) is 0. The van der Waals surface area contributed by atoms with Crippen LogP contribution < -0.4 is 10.2 Å². The van der Waals surface area contributed by atoms with Gasteiger partial charge in [0.1, 0.15) is 5.52 Å². The number of hydrogen-bond acceptors (Lipinski definition) is 4. The highest BCUT2D eigenvalue weighted by Gasteiger charge is 2.15. The van der Waals surface area contributed by atoms with Gasteiger partial charge in [0.15, 0.2) is 11.5 Å². The van der Waals surface area contributed by atoms with Crippen LogP contribution in [0.2, 0.25) is 0 Å². The van der Waals surface area contributed by atoms with Gasteiger partial charge in [-0.2, -0.15) is 0 Å². The molecule has 1 unspecified atom stereocenters. The molecule has 4 nitrogen and oxygen atoms in total. The van der Waals surface area contributed by atoms with Crippen molar-refractivity contribution in [3.05, 3.63) is 24.1 Å². The van der Waals surface area contributed by atoms with Gasteiger partial charge in [0.05, 0.1) is 0 Å². The molecule has 4 heteroatoms. The van der Waals surface area contributed by atoms with Crippen LogP contribution in [-0.2, 0) is 0 Å². The summed E-state index contributed by atoms with van der Waals surface area (Å²) in [6.45, 7) is 8.52. The van der Waals surface area contributed by atoms with Gasteiger partial charge in [0.2, 0.25) is 0 Å². The number of aromatic nitrogens is 1. The van der Waals surface area contributed by atoms with E-state index in [2.05, 4.69) is 47.2 Å². The lowest BCUT2D eigenvalue weighted by Crippen LogP contribution is -2.43. The molecule has 1 N–H and O–H groups in total. The van der Waals surface area contributed by atoms with E-state index in [-0.39, 0.29) is 0 Å². The minimum Gasteiger partial charge on any atom is -0.440 e. The molecule has 0 amide bonds. The third-order valence-electron chi connectivity index (χ3n) is 3.90. The monoisotopic (exact) mass is 259 g/mol. The molecule has 0 radical (unpaired) electrons. The van der Waals surface area contributed by atoms with Crippen LogP contribution in [0.15, 0.2) is 22.6 Å². The quantitative estimate of drug-likeness (QED) is 0.920. The van der Waals surface area contributed by atoms with Crippen molar-refractivity contribution in [3.8, 4) is 0 Å². The van der Waals surface area contributed by atoms with Gasteiger partial charge in [-0.3, -0.25) is 0 Å². The highest BCUT2D eigenvalue weighted by molar-refractivity contribution is 5.77. The van der Waals surface area contributed by atoms with E-state index in [0.29, 0.717) is 5.92 Å². The van der Waals surface area contributed by atoms with Gasteiger partial charge in [0.25, 0.3) is 0 Å². The molecule has 2 heterocycles. The smallest absolute Gasteiger partial charge is 0.198 e. The maximum atomic E-state index is 5.90. The minimum atomic E-state index is 0.384. The molecule has 0 aliphatic carbocycles. The molecule has 1 aromatic carbocycles. The fourth-order valence-corrected chi connectivity index (χ4v) is 2.44. The third kappa shape index (κ3) is 2.45. The molecule has 3 rings (SSSR count). The van der Waals surface area contributed by atoms with Crippen LogP contribution >= 0.6 is 0 Å². The van der Waals surface area contributed by atoms with Gasteiger partial charge in [0, 0.05) is 43.9 Å². The first-order chi connectivity index (χ1) is 9.28. The number of rotatable bonds is 3. The van der Waals surface area contributed by atoms with Gasteiger partial charge in [-0.15, -0.1) is 0 Å². The second-order valence-corrected chi connectivity index (χ2v) is 5.25. The molecule has 1 saturated heterocycles. The number of hydrogen-bond donors (Lipinski definition) is 1. The van der Waals surface area contributed by atoms with Crippen LogP contribution in [0, 0.1) is 0 Å². The summed E-state index contributed by atoms with van der Waals surface area (Å²) in [5, 5.41) is 3.37. The number of anilines is 1. The van der Waals surface area contributed by atoms with E-state index < -0.39 is 0 Å². The number of nitrogens with one attached hydrogen (secondary N) is 1. The molecule has 1 aliphatic rings. The van der Waals surface area contributed by atoms with Crippen molar-refractivity contribution in [2.24, 2.45) is 0 Å². The molecule has 1 aliphatic heterocycles. The van der Waals surface area contributed by atoms with E-state index in [9.17, 15) is 0 Å². The lowest BCUT2D eigenvalue weighted by molar-refractivity contribution is 0.479. The maximum Gasteiger partial charge on any atom is 0.198 e. The van der Waals surface area contributed by atoms with Crippen LogP contribution in [0.1, 0.15) is 32.1 Å². The summed E-state index contributed by atoms with van der Waals surface area (Å²) >= 11 is 0. The first-order valence-corrected chi connectivity index (χ1v) is 7.14. The maximum absolute atomic E-state index is 5.90. The second-order valence-electron chi connectivity index (χ2n) is 5.25. The van der Waals surface area contributed by atoms with Crippen LogP contribution in [-0.4, -0.2) is 31.2 Å². The van der Waals surface area contributed by atoms with Crippen molar-refractivity contribution in [2.75, 3.05) is 31.1 Å². The van der Waals surface area contributed by atoms with Gasteiger partial charge in [-0.1, -0.05) is 13.8 Å². The lowest BCUT2D eigenvalue weighted by atomic mass is 10.1. The molecule has 0 bridgehead atoms. The van der Waals surface area contributed by atoms with E-state index in [0.717, 1.165) is 49.6 Å². The zero-order chi connectivity index (χ0) is 13.2. The third-order valence-corrected chi connectivity index (χ3v) is 3.90. The second kappa shape index (κ2) is 5.21. The summed E-state index contributed by atoms with van der Waals surface area (Å²) in [5.74, 6) is 1.24. The van der Waals surface area contributed by atoms with Crippen LogP contribution in [0.5, 0.6) is 0 Å². The number of oxazole rings is 1. The number of piperazine rings is 1. The Morgan fingerprint density at radius 3 is 2.89 bits per heavy atom. The standard InChI is InChI=1S/C15H21N3O/c1-3-11(2)15-17-13-5-4-12(10-14(13)19-15)18-8-6-16-7-9-18/h4-5,10-11,16H,3,6-9H2,1-2H3. The van der Waals surface area contributed by atoms with Gasteiger partial charge < -0.3 is 14.6 Å². The summed E-state index contributed by atoms with van der Waals surface area (Å²) < 4.78 is 5.90. The first-order valence-electron chi connectivity index (χ1n) is 7.14. The Labute approximate surface area is 113 Å². The molecule has 102 valence electrons. The number of benzene rings is 1. The average molecular weight is 259 g/mol. The first kappa shape index (κ1) is 12.5. The van der Waals surface area contributed by atoms with E-state index >= 15 is 0 Å². The Hall–Kier alpha value is -1.55. The van der Waals surface area contributed by atoms with Gasteiger partial charge in [-0.05, 0) is 18.6 Å². The number of nitrogens with zero attached hydrogens (tertiary/aromatic N) is 2. The lowest BCUT2D eigenvalue weighted by Gasteiger charge is -2.29. The van der Waals surface area contributed by atoms with E-state index in [1.807, 2.05) is 0 Å². The molecule has 2 aromatic rings. The molecule has 19 heavy (non-hydrogen) atoms. The summed E-state index contributed by atoms with van der Waals surface area (Å²) in [6.07, 6.45) is 1.05. The van der Waals surface area contributed by atoms with Gasteiger partial charge in [-0.25, -0.2) is 4.98 Å². The fourth-order valence-electron chi connectivity index (χ4n) is 2.44. The predicted molar refractivity (Wildman–Crippen MR) is 77.8 cm³/mol. The van der Waals surface area contributed by atoms with E-state index in [1.54, 1.807) is 0 Å². The Morgan fingerprint density at radius 1 is 1.37 bits per heavy atom. The predicted octanol–water partition coefficient (Wildman–Crippen LogP) is 2.75. The summed E-state index contributed by atoms with van der Waals surface area (Å²) in [4.78, 5) is 6.96. The Balaban J connectivity index is 1.91. The molecular weight excluding hydrogens is 238 g/mol. The van der Waals surface area contributed by atoms with Crippen molar-refractivity contribution < 1.29 is 4.42 Å². The van der Waals surface area contributed by atoms with Crippen LogP contribution in [0.4, 0.5) is 5.69 Å². The van der Waals surface area contributed by atoms with E-state index in [1.165, 1.54) is 5.69 Å². The largest absolute Gasteiger partial charge is 0.440 e. The topological polar surface area (TPSA) is 41.3 Å². The zero-order valence-electron chi connectivity index (χ0n) is 11.6. The Morgan fingerprint density at radius 2 is 2.16 bits per heavy atom. The highest BCUT2D eigenvalue weighted by Crippen LogP contribution is 2.27. The molecule has 1 aromatic heterocycles. The Kier molecular flexibility index (Phi) is 3.42. The average Bonchev–Trinajstić information content (AvgIpc) is 2.90. The van der Waals surface area contributed by atoms with Crippen molar-refractivity contribution in [1.82, 2.24) is 10.3 Å². The molecule has 1 atom stereocenters. The normalized spacial score (nSPS) is 17.9. The highest BCUT2D eigenvalue weighted by atomic mass is 16.3. The van der Waals surface area contributed by atoms with Crippen LogP contribution in [0.3, 0.4) is 0 Å².